The monoisotopic (exact) mass is 166 g/mol. The van der Waals surface area contributed by atoms with Crippen LogP contribution in [0.25, 0.3) is 0 Å². The maximum atomic E-state index is 11.4. The van der Waals surface area contributed by atoms with Crippen LogP contribution in [0.2, 0.25) is 0 Å². The van der Waals surface area contributed by atoms with Crippen LogP contribution in [0.3, 0.4) is 0 Å². The minimum atomic E-state index is 0.238. The van der Waals surface area contributed by atoms with E-state index in [4.69, 9.17) is 0 Å². The highest BCUT2D eigenvalue weighted by Gasteiger charge is 2.25. The highest BCUT2D eigenvalue weighted by molar-refractivity contribution is 5.97. The maximum absolute atomic E-state index is 11.4. The Morgan fingerprint density at radius 2 is 2.08 bits per heavy atom. The van der Waals surface area contributed by atoms with E-state index in [9.17, 15) is 4.79 Å². The van der Waals surface area contributed by atoms with Gasteiger partial charge in [-0.2, -0.15) is 0 Å². The second kappa shape index (κ2) is 3.42. The Hall–Kier alpha value is -0.590. The van der Waals surface area contributed by atoms with Gasteiger partial charge < -0.3 is 0 Å². The molecule has 2 unspecified atom stereocenters. The Morgan fingerprint density at radius 1 is 1.50 bits per heavy atom. The summed E-state index contributed by atoms with van der Waals surface area (Å²) < 4.78 is 0. The van der Waals surface area contributed by atoms with Gasteiger partial charge in [0.25, 0.3) is 0 Å². The minimum absolute atomic E-state index is 0.238. The van der Waals surface area contributed by atoms with Crippen LogP contribution in [0.15, 0.2) is 11.6 Å². The first-order valence-electron chi connectivity index (χ1n) is 4.75. The normalized spacial score (nSPS) is 30.8. The van der Waals surface area contributed by atoms with Gasteiger partial charge >= 0.3 is 0 Å². The molecule has 0 heterocycles. The van der Waals surface area contributed by atoms with E-state index >= 15 is 0 Å². The number of Topliss-reactive ketones (excluding diaryl/α,β-unsaturated/α-hetero) is 1. The molecule has 0 amide bonds. The van der Waals surface area contributed by atoms with Gasteiger partial charge in [0, 0.05) is 5.92 Å². The molecule has 0 radical (unpaired) electrons. The number of rotatable bonds is 1. The first-order valence-corrected chi connectivity index (χ1v) is 4.75. The summed E-state index contributed by atoms with van der Waals surface area (Å²) in [5, 5.41) is 0. The van der Waals surface area contributed by atoms with Crippen molar-refractivity contribution >= 4 is 5.78 Å². The van der Waals surface area contributed by atoms with Gasteiger partial charge in [0.15, 0.2) is 5.78 Å². The van der Waals surface area contributed by atoms with Crippen molar-refractivity contribution in [3.05, 3.63) is 11.6 Å². The highest BCUT2D eigenvalue weighted by Crippen LogP contribution is 2.29. The topological polar surface area (TPSA) is 17.1 Å². The highest BCUT2D eigenvalue weighted by atomic mass is 16.1. The number of allylic oxidation sites excluding steroid dienone is 2. The van der Waals surface area contributed by atoms with Crippen molar-refractivity contribution in [2.45, 2.75) is 34.1 Å². The third-order valence-corrected chi connectivity index (χ3v) is 2.78. The van der Waals surface area contributed by atoms with Crippen molar-refractivity contribution in [3.8, 4) is 0 Å². The molecule has 0 bridgehead atoms. The molecule has 2 atom stereocenters. The number of ketones is 1. The zero-order chi connectivity index (χ0) is 9.30. The lowest BCUT2D eigenvalue weighted by Gasteiger charge is -2.26. The molecule has 0 fully saturated rings. The fourth-order valence-electron chi connectivity index (χ4n) is 1.84. The summed E-state index contributed by atoms with van der Waals surface area (Å²) in [7, 11) is 0. The summed E-state index contributed by atoms with van der Waals surface area (Å²) in [5.41, 5.74) is 0.965. The number of carbonyl (C=O) groups is 1. The number of carbonyl (C=O) groups excluding carboxylic acids is 1. The summed E-state index contributed by atoms with van der Waals surface area (Å²) >= 11 is 0. The van der Waals surface area contributed by atoms with E-state index in [1.165, 1.54) is 0 Å². The zero-order valence-electron chi connectivity index (χ0n) is 8.42. The summed E-state index contributed by atoms with van der Waals surface area (Å²) in [4.78, 5) is 11.4. The van der Waals surface area contributed by atoms with Gasteiger partial charge in [-0.05, 0) is 30.8 Å². The Balaban J connectivity index is 2.80. The molecular formula is C11H18O. The van der Waals surface area contributed by atoms with Crippen molar-refractivity contribution in [1.29, 1.82) is 0 Å². The Labute approximate surface area is 74.9 Å². The molecule has 1 nitrogen and oxygen atoms in total. The molecule has 0 saturated carbocycles. The Kier molecular flexibility index (Phi) is 2.71. The van der Waals surface area contributed by atoms with Crippen LogP contribution < -0.4 is 0 Å². The lowest BCUT2D eigenvalue weighted by molar-refractivity contribution is -0.119. The van der Waals surface area contributed by atoms with Crippen LogP contribution in [-0.2, 0) is 4.79 Å². The zero-order valence-corrected chi connectivity index (χ0v) is 8.42. The summed E-state index contributed by atoms with van der Waals surface area (Å²) in [5.74, 6) is 1.85. The van der Waals surface area contributed by atoms with Gasteiger partial charge in [0.1, 0.15) is 0 Å². The first kappa shape index (κ1) is 9.50. The van der Waals surface area contributed by atoms with Crippen LogP contribution in [-0.4, -0.2) is 5.78 Å². The standard InChI is InChI=1S/C11H18O/c1-7(2)10-5-8(3)11(12)9(4)6-10/h5,7,9-10H,6H2,1-4H3. The molecule has 68 valence electrons. The molecule has 0 aliphatic heterocycles. The molecule has 1 aliphatic rings. The van der Waals surface area contributed by atoms with Crippen molar-refractivity contribution in [2.24, 2.45) is 17.8 Å². The van der Waals surface area contributed by atoms with E-state index in [0.717, 1.165) is 12.0 Å². The van der Waals surface area contributed by atoms with E-state index in [1.54, 1.807) is 0 Å². The van der Waals surface area contributed by atoms with Gasteiger partial charge in [-0.1, -0.05) is 26.8 Å². The smallest absolute Gasteiger partial charge is 0.161 e. The largest absolute Gasteiger partial charge is 0.294 e. The third-order valence-electron chi connectivity index (χ3n) is 2.78. The van der Waals surface area contributed by atoms with Gasteiger partial charge in [0.05, 0.1) is 0 Å². The number of hydrogen-bond acceptors (Lipinski definition) is 1. The molecule has 0 aromatic rings. The van der Waals surface area contributed by atoms with E-state index in [2.05, 4.69) is 19.9 Å². The second-order valence-electron chi connectivity index (χ2n) is 4.26. The maximum Gasteiger partial charge on any atom is 0.161 e. The third kappa shape index (κ3) is 1.77. The average Bonchev–Trinajstić information content (AvgIpc) is 1.99. The second-order valence-corrected chi connectivity index (χ2v) is 4.26. The van der Waals surface area contributed by atoms with Gasteiger partial charge in [-0.15, -0.1) is 0 Å². The molecule has 12 heavy (non-hydrogen) atoms. The summed E-state index contributed by atoms with van der Waals surface area (Å²) in [6, 6.07) is 0. The fourth-order valence-corrected chi connectivity index (χ4v) is 1.84. The van der Waals surface area contributed by atoms with E-state index < -0.39 is 0 Å². The van der Waals surface area contributed by atoms with Crippen molar-refractivity contribution in [3.63, 3.8) is 0 Å². The quantitative estimate of drug-likeness (QED) is 0.585. The van der Waals surface area contributed by atoms with Crippen LogP contribution >= 0.6 is 0 Å². The lowest BCUT2D eigenvalue weighted by atomic mass is 9.78. The molecule has 0 aromatic heterocycles. The van der Waals surface area contributed by atoms with Gasteiger partial charge in [0.2, 0.25) is 0 Å². The fraction of sp³-hybridized carbons (Fsp3) is 0.727. The predicted octanol–water partition coefficient (Wildman–Crippen LogP) is 2.81. The van der Waals surface area contributed by atoms with Crippen LogP contribution in [0, 0.1) is 17.8 Å². The van der Waals surface area contributed by atoms with Gasteiger partial charge in [-0.25, -0.2) is 0 Å². The van der Waals surface area contributed by atoms with Crippen LogP contribution in [0.1, 0.15) is 34.1 Å². The Bertz CT molecular complexity index is 213. The van der Waals surface area contributed by atoms with E-state index in [0.29, 0.717) is 17.6 Å². The van der Waals surface area contributed by atoms with Crippen molar-refractivity contribution in [2.75, 3.05) is 0 Å². The summed E-state index contributed by atoms with van der Waals surface area (Å²) in [6.07, 6.45) is 3.18. The van der Waals surface area contributed by atoms with Crippen molar-refractivity contribution in [1.82, 2.24) is 0 Å². The molecule has 0 spiro atoms. The SMILES string of the molecule is CC1=CC(C(C)C)CC(C)C1=O. The first-order chi connectivity index (χ1) is 5.52. The Morgan fingerprint density at radius 3 is 2.50 bits per heavy atom. The molecule has 1 aliphatic carbocycles. The number of hydrogen-bond donors (Lipinski definition) is 0. The minimum Gasteiger partial charge on any atom is -0.294 e. The summed E-state index contributed by atoms with van der Waals surface area (Å²) in [6.45, 7) is 8.41. The molecule has 0 N–H and O–H groups in total. The predicted molar refractivity (Wildman–Crippen MR) is 50.9 cm³/mol. The van der Waals surface area contributed by atoms with E-state index in [1.807, 2.05) is 13.8 Å². The molecule has 1 rings (SSSR count). The van der Waals surface area contributed by atoms with E-state index in [-0.39, 0.29) is 5.92 Å². The lowest BCUT2D eigenvalue weighted by Crippen LogP contribution is -2.23. The van der Waals surface area contributed by atoms with Crippen LogP contribution in [0.5, 0.6) is 0 Å². The molecular weight excluding hydrogens is 148 g/mol. The molecule has 1 heteroatoms. The molecule has 0 saturated heterocycles. The van der Waals surface area contributed by atoms with Crippen LogP contribution in [0.4, 0.5) is 0 Å². The average molecular weight is 166 g/mol. The molecule has 0 aromatic carbocycles. The van der Waals surface area contributed by atoms with Crippen molar-refractivity contribution < 1.29 is 4.79 Å². The van der Waals surface area contributed by atoms with Gasteiger partial charge in [-0.3, -0.25) is 4.79 Å².